The Kier molecular flexibility index (Phi) is 5.55. The highest BCUT2D eigenvalue weighted by Crippen LogP contribution is 2.16. The average molecular weight is 389 g/mol. The molecule has 0 aliphatic carbocycles. The molecule has 2 aliphatic heterocycles. The first-order valence-electron chi connectivity index (χ1n) is 6.82. The lowest BCUT2D eigenvalue weighted by atomic mass is 10.4. The molecule has 2 rings (SSSR count). The van der Waals surface area contributed by atoms with E-state index in [-0.39, 0.29) is 5.91 Å². The number of fused-ring (bicyclic) bond motifs is 1. The van der Waals surface area contributed by atoms with Crippen LogP contribution >= 0.6 is 22.9 Å². The van der Waals surface area contributed by atoms with Crippen LogP contribution in [0.4, 0.5) is 0 Å². The zero-order valence-electron chi connectivity index (χ0n) is 11.8. The molecule has 0 fully saturated rings. The predicted molar refractivity (Wildman–Crippen MR) is 88.3 cm³/mol. The van der Waals surface area contributed by atoms with Gasteiger partial charge in [-0.1, -0.05) is 18.7 Å². The van der Waals surface area contributed by atoms with Crippen LogP contribution < -0.4 is 10.2 Å². The van der Waals surface area contributed by atoms with E-state index in [1.807, 2.05) is 20.3 Å². The Hall–Kier alpha value is -0.930. The van der Waals surface area contributed by atoms with Gasteiger partial charge >= 0.3 is 0 Å². The van der Waals surface area contributed by atoms with Gasteiger partial charge < -0.3 is 10.2 Å². The fourth-order valence-electron chi connectivity index (χ4n) is 2.08. The number of likely N-dealkylation sites (N-methyl/N-ethyl adjacent to an activating group) is 1. The topological polar surface area (TPSA) is 53.8 Å². The van der Waals surface area contributed by atoms with Gasteiger partial charge in [0.1, 0.15) is 0 Å². The third-order valence-electron chi connectivity index (χ3n) is 3.32. The van der Waals surface area contributed by atoms with E-state index >= 15 is 0 Å². The molecular formula is C13H20IN5O+. The molecule has 0 saturated carbocycles. The number of halogens is 1. The third kappa shape index (κ3) is 3.80. The molecule has 0 aromatic heterocycles. The zero-order chi connectivity index (χ0) is 14.5. The van der Waals surface area contributed by atoms with Crippen molar-refractivity contribution in [3.05, 3.63) is 24.2 Å². The van der Waals surface area contributed by atoms with Crippen molar-refractivity contribution in [3.8, 4) is 0 Å². The summed E-state index contributed by atoms with van der Waals surface area (Å²) in [5.41, 5.74) is 0.482. The summed E-state index contributed by atoms with van der Waals surface area (Å²) in [5.74, 6) is 0.722. The van der Waals surface area contributed by atoms with E-state index in [1.165, 1.54) is 0 Å². The number of carbonyl (C=O) groups excluding carboxylic acids is 1. The number of carbonyl (C=O) groups is 1. The van der Waals surface area contributed by atoms with Gasteiger partial charge in [0.05, 0.1) is 22.9 Å². The molecule has 0 atom stereocenters. The van der Waals surface area contributed by atoms with Crippen LogP contribution in [0.15, 0.2) is 29.2 Å². The van der Waals surface area contributed by atoms with Crippen molar-refractivity contribution in [3.63, 3.8) is 0 Å². The smallest absolute Gasteiger partial charge is 0.285 e. The summed E-state index contributed by atoms with van der Waals surface area (Å²) in [6, 6.07) is 0. The Morgan fingerprint density at radius 3 is 3.00 bits per heavy atom. The van der Waals surface area contributed by atoms with Crippen molar-refractivity contribution in [2.45, 2.75) is 13.8 Å². The minimum atomic E-state index is -0.104. The summed E-state index contributed by atoms with van der Waals surface area (Å²) in [4.78, 5) is 20.6. The Morgan fingerprint density at radius 1 is 1.55 bits per heavy atom. The molecule has 0 unspecified atom stereocenters. The Labute approximate surface area is 133 Å². The van der Waals surface area contributed by atoms with E-state index in [2.05, 4.69) is 51.9 Å². The van der Waals surface area contributed by atoms with Crippen molar-refractivity contribution in [1.82, 2.24) is 18.2 Å². The summed E-state index contributed by atoms with van der Waals surface area (Å²) in [7, 11) is 0. The SMILES string of the molecule is CCN(CC)CCNC(=O)C1=C[N+]2CN(I)C=CC2=N1. The van der Waals surface area contributed by atoms with Crippen LogP contribution in [-0.2, 0) is 4.79 Å². The highest BCUT2D eigenvalue weighted by molar-refractivity contribution is 14.1. The summed E-state index contributed by atoms with van der Waals surface area (Å²) in [6.07, 6.45) is 5.66. The monoisotopic (exact) mass is 389 g/mol. The Bertz CT molecular complexity index is 456. The minimum absolute atomic E-state index is 0.104. The van der Waals surface area contributed by atoms with Gasteiger partial charge in [-0.05, 0) is 13.1 Å². The molecule has 0 spiro atoms. The first kappa shape index (κ1) is 15.5. The van der Waals surface area contributed by atoms with E-state index in [4.69, 9.17) is 0 Å². The summed E-state index contributed by atoms with van der Waals surface area (Å²) < 4.78 is 2.01. The van der Waals surface area contributed by atoms with Gasteiger partial charge in [-0.2, -0.15) is 4.99 Å². The summed E-state index contributed by atoms with van der Waals surface area (Å²) in [5, 5.41) is 2.92. The molecule has 109 valence electrons. The largest absolute Gasteiger partial charge is 0.349 e. The van der Waals surface area contributed by atoms with E-state index in [9.17, 15) is 4.79 Å². The Balaban J connectivity index is 1.84. The molecule has 0 saturated heterocycles. The lowest BCUT2D eigenvalue weighted by molar-refractivity contribution is -0.117. The number of amides is 1. The molecular weight excluding hydrogens is 369 g/mol. The van der Waals surface area contributed by atoms with Crippen molar-refractivity contribution in [2.24, 2.45) is 4.99 Å². The fourth-order valence-corrected chi connectivity index (χ4v) is 2.57. The quantitative estimate of drug-likeness (QED) is 0.419. The second-order valence-electron chi connectivity index (χ2n) is 4.59. The van der Waals surface area contributed by atoms with Gasteiger partial charge in [-0.15, -0.1) is 0 Å². The Morgan fingerprint density at radius 2 is 2.30 bits per heavy atom. The third-order valence-corrected chi connectivity index (χ3v) is 3.95. The standard InChI is InChI=1S/C13H20IN5O/c1-3-17(4-2)8-6-15-13(20)11-9-18-10-19(14)7-5-12(18)16-11/h5,7,9H,3-4,6,8,10H2,1-2H3,(H,15,20)/q+1. The van der Waals surface area contributed by atoms with Crippen molar-refractivity contribution >= 4 is 34.6 Å². The number of nitrogens with zero attached hydrogens (tertiary/aromatic N) is 4. The van der Waals surface area contributed by atoms with Crippen LogP contribution in [0, 0.1) is 0 Å². The lowest BCUT2D eigenvalue weighted by Gasteiger charge is -2.17. The van der Waals surface area contributed by atoms with Crippen LogP contribution in [0.5, 0.6) is 0 Å². The lowest BCUT2D eigenvalue weighted by Crippen LogP contribution is -2.37. The molecule has 2 aliphatic rings. The molecule has 0 aromatic rings. The normalized spacial score (nSPS) is 18.1. The molecule has 1 radical (unpaired) electrons. The second-order valence-corrected chi connectivity index (χ2v) is 5.83. The fraction of sp³-hybridized carbons (Fsp3) is 0.538. The van der Waals surface area contributed by atoms with Gasteiger partial charge in [0, 0.05) is 25.4 Å². The van der Waals surface area contributed by atoms with Crippen LogP contribution in [0.25, 0.3) is 0 Å². The maximum atomic E-state index is 12.1. The van der Waals surface area contributed by atoms with E-state index in [0.717, 1.165) is 25.5 Å². The number of hydrogen-bond acceptors (Lipinski definition) is 5. The van der Waals surface area contributed by atoms with Crippen molar-refractivity contribution in [2.75, 3.05) is 32.8 Å². The van der Waals surface area contributed by atoms with Gasteiger partial charge in [-0.25, -0.2) is 0 Å². The highest BCUT2D eigenvalue weighted by Gasteiger charge is 2.34. The highest BCUT2D eigenvalue weighted by atomic mass is 127. The number of hydrogen-bond donors (Lipinski definition) is 1. The van der Waals surface area contributed by atoms with E-state index in [0.29, 0.717) is 18.9 Å². The van der Waals surface area contributed by atoms with E-state index < -0.39 is 0 Å². The van der Waals surface area contributed by atoms with Gasteiger partial charge in [0.25, 0.3) is 11.7 Å². The molecule has 6 nitrogen and oxygen atoms in total. The maximum absolute atomic E-state index is 12.1. The molecule has 0 bridgehead atoms. The molecule has 20 heavy (non-hydrogen) atoms. The molecule has 2 heterocycles. The molecule has 1 N–H and O–H groups in total. The van der Waals surface area contributed by atoms with E-state index in [1.54, 1.807) is 6.20 Å². The molecule has 0 aromatic carbocycles. The van der Waals surface area contributed by atoms with Crippen LogP contribution in [0.3, 0.4) is 0 Å². The summed E-state index contributed by atoms with van der Waals surface area (Å²) in [6.45, 7) is 8.48. The van der Waals surface area contributed by atoms with Crippen LogP contribution in [0.1, 0.15) is 13.8 Å². The molecule has 1 amide bonds. The predicted octanol–water partition coefficient (Wildman–Crippen LogP) is 0.975. The maximum Gasteiger partial charge on any atom is 0.285 e. The van der Waals surface area contributed by atoms with Crippen molar-refractivity contribution < 1.29 is 4.79 Å². The number of amidine groups is 1. The number of aliphatic imine (C=N–C) groups is 1. The van der Waals surface area contributed by atoms with Crippen LogP contribution in [0.2, 0.25) is 0 Å². The summed E-state index contributed by atoms with van der Waals surface area (Å²) >= 11 is 2.21. The van der Waals surface area contributed by atoms with Gasteiger partial charge in [0.15, 0.2) is 11.9 Å². The average Bonchev–Trinajstić information content (AvgIpc) is 2.86. The second kappa shape index (κ2) is 7.19. The number of rotatable bonds is 6. The van der Waals surface area contributed by atoms with Gasteiger partial charge in [0.2, 0.25) is 6.67 Å². The zero-order valence-corrected chi connectivity index (χ0v) is 14.0. The minimum Gasteiger partial charge on any atom is -0.349 e. The first-order valence-corrected chi connectivity index (χ1v) is 7.78. The van der Waals surface area contributed by atoms with Crippen molar-refractivity contribution in [1.29, 1.82) is 0 Å². The number of nitrogens with one attached hydrogen (secondary N) is 1. The molecule has 7 heteroatoms. The van der Waals surface area contributed by atoms with Gasteiger partial charge in [-0.3, -0.25) is 7.91 Å². The van der Waals surface area contributed by atoms with Crippen LogP contribution in [-0.4, -0.2) is 52.6 Å². The first-order chi connectivity index (χ1) is 9.63.